The Kier molecular flexibility index (Phi) is 13.7. The lowest BCUT2D eigenvalue weighted by molar-refractivity contribution is -0.143. The quantitative estimate of drug-likeness (QED) is 0.225. The summed E-state index contributed by atoms with van der Waals surface area (Å²) in [6.45, 7) is 5.56. The second kappa shape index (κ2) is 13.8. The Morgan fingerprint density at radius 3 is 2.42 bits per heavy atom. The van der Waals surface area contributed by atoms with Gasteiger partial charge in [-0.25, -0.2) is 0 Å². The number of likely N-dealkylation sites (tertiary alicyclic amines) is 1. The molecule has 1 aliphatic rings. The highest BCUT2D eigenvalue weighted by atomic mass is 127. The predicted octanol–water partition coefficient (Wildman–Crippen LogP) is 2.92. The number of halogens is 4. The third-order valence-corrected chi connectivity index (χ3v) is 4.54. The molecule has 0 spiro atoms. The van der Waals surface area contributed by atoms with Gasteiger partial charge < -0.3 is 15.5 Å². The molecule has 1 atom stereocenters. The summed E-state index contributed by atoms with van der Waals surface area (Å²) in [6, 6.07) is 0.680. The number of alkyl halides is 3. The number of piperidine rings is 1. The van der Waals surface area contributed by atoms with Crippen LogP contribution in [0.4, 0.5) is 13.2 Å². The van der Waals surface area contributed by atoms with Crippen molar-refractivity contribution in [1.29, 1.82) is 0 Å². The Bertz CT molecular complexity index is 393. The molecule has 0 aromatic heterocycles. The van der Waals surface area contributed by atoms with E-state index in [0.717, 1.165) is 19.5 Å². The Balaban J connectivity index is 0.00000625. The molecule has 0 bridgehead atoms. The van der Waals surface area contributed by atoms with Gasteiger partial charge in [0.1, 0.15) is 0 Å². The maximum absolute atomic E-state index is 12.2. The van der Waals surface area contributed by atoms with Gasteiger partial charge >= 0.3 is 6.18 Å². The first-order chi connectivity index (χ1) is 11.8. The van der Waals surface area contributed by atoms with Crippen LogP contribution < -0.4 is 10.6 Å². The molecule has 0 aliphatic carbocycles. The topological polar surface area (TPSA) is 42.9 Å². The SMILES string of the molecule is CN=C(NCCCN(C)CC(F)(F)F)NCCCN1CCCCC1C.I. The second-order valence-corrected chi connectivity index (χ2v) is 6.87. The van der Waals surface area contributed by atoms with E-state index < -0.39 is 12.7 Å². The molecule has 0 radical (unpaired) electrons. The Labute approximate surface area is 173 Å². The van der Waals surface area contributed by atoms with Crippen molar-refractivity contribution in [3.05, 3.63) is 0 Å². The summed E-state index contributed by atoms with van der Waals surface area (Å²) in [5.41, 5.74) is 0. The highest BCUT2D eigenvalue weighted by molar-refractivity contribution is 14.0. The molecule has 2 N–H and O–H groups in total. The maximum Gasteiger partial charge on any atom is 0.401 e. The summed E-state index contributed by atoms with van der Waals surface area (Å²) in [5.74, 6) is 0.713. The summed E-state index contributed by atoms with van der Waals surface area (Å²) in [6.07, 6.45) is 1.48. The van der Waals surface area contributed by atoms with E-state index in [0.29, 0.717) is 31.5 Å². The lowest BCUT2D eigenvalue weighted by Gasteiger charge is -2.33. The van der Waals surface area contributed by atoms with Crippen molar-refractivity contribution in [2.24, 2.45) is 4.99 Å². The minimum Gasteiger partial charge on any atom is -0.356 e. The smallest absolute Gasteiger partial charge is 0.356 e. The van der Waals surface area contributed by atoms with Crippen LogP contribution in [0, 0.1) is 0 Å². The van der Waals surface area contributed by atoms with Crippen LogP contribution in [-0.2, 0) is 0 Å². The minimum absolute atomic E-state index is 0. The van der Waals surface area contributed by atoms with Gasteiger partial charge in [-0.05, 0) is 52.7 Å². The molecule has 1 heterocycles. The highest BCUT2D eigenvalue weighted by Gasteiger charge is 2.28. The summed E-state index contributed by atoms with van der Waals surface area (Å²) in [4.78, 5) is 7.98. The van der Waals surface area contributed by atoms with Crippen LogP contribution in [0.1, 0.15) is 39.0 Å². The molecular weight excluding hydrogens is 458 g/mol. The Hall–Kier alpha value is -0.290. The van der Waals surface area contributed by atoms with E-state index in [4.69, 9.17) is 0 Å². The van der Waals surface area contributed by atoms with Gasteiger partial charge in [-0.3, -0.25) is 9.89 Å². The van der Waals surface area contributed by atoms with Gasteiger partial charge in [-0.15, -0.1) is 24.0 Å². The maximum atomic E-state index is 12.2. The fourth-order valence-corrected chi connectivity index (χ4v) is 3.14. The van der Waals surface area contributed by atoms with Crippen LogP contribution in [0.25, 0.3) is 0 Å². The van der Waals surface area contributed by atoms with Crippen LogP contribution in [0.15, 0.2) is 4.99 Å². The van der Waals surface area contributed by atoms with Gasteiger partial charge in [0.2, 0.25) is 0 Å². The molecule has 156 valence electrons. The van der Waals surface area contributed by atoms with Crippen molar-refractivity contribution < 1.29 is 13.2 Å². The van der Waals surface area contributed by atoms with Crippen molar-refractivity contribution in [2.75, 3.05) is 53.4 Å². The molecule has 1 unspecified atom stereocenters. The number of nitrogens with zero attached hydrogens (tertiary/aromatic N) is 3. The standard InChI is InChI=1S/C17H34F3N5.HI/c1-15-8-4-5-12-25(15)13-7-10-23-16(21-2)22-9-6-11-24(3)14-17(18,19)20;/h15H,4-14H2,1-3H3,(H2,21,22,23);1H. The zero-order valence-corrected chi connectivity index (χ0v) is 18.6. The lowest BCUT2D eigenvalue weighted by Crippen LogP contribution is -2.42. The predicted molar refractivity (Wildman–Crippen MR) is 112 cm³/mol. The van der Waals surface area contributed by atoms with Crippen LogP contribution in [0.3, 0.4) is 0 Å². The number of nitrogens with one attached hydrogen (secondary N) is 2. The third-order valence-electron chi connectivity index (χ3n) is 4.54. The average Bonchev–Trinajstić information content (AvgIpc) is 2.53. The van der Waals surface area contributed by atoms with Crippen molar-refractivity contribution in [3.8, 4) is 0 Å². The van der Waals surface area contributed by atoms with Gasteiger partial charge in [0.05, 0.1) is 6.54 Å². The number of hydrogen-bond donors (Lipinski definition) is 2. The molecule has 1 saturated heterocycles. The zero-order valence-electron chi connectivity index (χ0n) is 16.2. The van der Waals surface area contributed by atoms with Crippen LogP contribution in [0.5, 0.6) is 0 Å². The first-order valence-electron chi connectivity index (χ1n) is 9.25. The molecule has 0 amide bonds. The summed E-state index contributed by atoms with van der Waals surface area (Å²) in [7, 11) is 3.19. The molecule has 1 rings (SSSR count). The summed E-state index contributed by atoms with van der Waals surface area (Å²) < 4.78 is 36.7. The second-order valence-electron chi connectivity index (χ2n) is 6.87. The van der Waals surface area contributed by atoms with Crippen molar-refractivity contribution >= 4 is 29.9 Å². The molecule has 0 saturated carbocycles. The van der Waals surface area contributed by atoms with E-state index in [1.807, 2.05) is 0 Å². The van der Waals surface area contributed by atoms with Gasteiger partial charge in [-0.2, -0.15) is 13.2 Å². The Morgan fingerprint density at radius 2 is 1.85 bits per heavy atom. The summed E-state index contributed by atoms with van der Waals surface area (Å²) >= 11 is 0. The van der Waals surface area contributed by atoms with Gasteiger partial charge in [0.15, 0.2) is 5.96 Å². The van der Waals surface area contributed by atoms with Crippen molar-refractivity contribution in [1.82, 2.24) is 20.4 Å². The molecule has 5 nitrogen and oxygen atoms in total. The fraction of sp³-hybridized carbons (Fsp3) is 0.941. The first kappa shape index (κ1) is 25.7. The molecule has 9 heteroatoms. The average molecular weight is 493 g/mol. The number of guanidine groups is 1. The van der Waals surface area contributed by atoms with E-state index in [9.17, 15) is 13.2 Å². The van der Waals surface area contributed by atoms with Gasteiger partial charge in [-0.1, -0.05) is 6.42 Å². The fourth-order valence-electron chi connectivity index (χ4n) is 3.14. The van der Waals surface area contributed by atoms with E-state index in [-0.39, 0.29) is 24.0 Å². The normalized spacial score (nSPS) is 19.3. The van der Waals surface area contributed by atoms with E-state index in [1.165, 1.54) is 37.8 Å². The van der Waals surface area contributed by atoms with Crippen molar-refractivity contribution in [3.63, 3.8) is 0 Å². The molecular formula is C17H35F3IN5. The Morgan fingerprint density at radius 1 is 1.19 bits per heavy atom. The molecule has 1 fully saturated rings. The monoisotopic (exact) mass is 493 g/mol. The first-order valence-corrected chi connectivity index (χ1v) is 9.25. The number of hydrogen-bond acceptors (Lipinski definition) is 3. The van der Waals surface area contributed by atoms with E-state index >= 15 is 0 Å². The number of aliphatic imine (C=N–C) groups is 1. The molecule has 1 aliphatic heterocycles. The lowest BCUT2D eigenvalue weighted by atomic mass is 10.0. The summed E-state index contributed by atoms with van der Waals surface area (Å²) in [5, 5.41) is 6.42. The van der Waals surface area contributed by atoms with Gasteiger partial charge in [0.25, 0.3) is 0 Å². The van der Waals surface area contributed by atoms with Crippen LogP contribution in [-0.4, -0.2) is 81.3 Å². The largest absolute Gasteiger partial charge is 0.401 e. The van der Waals surface area contributed by atoms with E-state index in [2.05, 4.69) is 27.4 Å². The van der Waals surface area contributed by atoms with Crippen LogP contribution >= 0.6 is 24.0 Å². The highest BCUT2D eigenvalue weighted by Crippen LogP contribution is 2.16. The van der Waals surface area contributed by atoms with E-state index in [1.54, 1.807) is 7.05 Å². The van der Waals surface area contributed by atoms with Crippen molar-refractivity contribution in [2.45, 2.75) is 51.2 Å². The molecule has 26 heavy (non-hydrogen) atoms. The molecule has 0 aromatic rings. The molecule has 0 aromatic carbocycles. The third kappa shape index (κ3) is 12.2. The van der Waals surface area contributed by atoms with Crippen LogP contribution in [0.2, 0.25) is 0 Å². The number of rotatable bonds is 9. The minimum atomic E-state index is -4.13. The van der Waals surface area contributed by atoms with Gasteiger partial charge in [0, 0.05) is 32.7 Å². The zero-order chi connectivity index (χ0) is 18.7.